The molecular formula is C18H29NO2. The third-order valence-corrected chi connectivity index (χ3v) is 4.63. The van der Waals surface area contributed by atoms with Crippen LogP contribution in [0.1, 0.15) is 51.0 Å². The molecule has 1 unspecified atom stereocenters. The van der Waals surface area contributed by atoms with Crippen LogP contribution in [0.3, 0.4) is 0 Å². The largest absolute Gasteiger partial charge is 0.497 e. The monoisotopic (exact) mass is 291 g/mol. The van der Waals surface area contributed by atoms with Gasteiger partial charge in [0, 0.05) is 11.6 Å². The smallest absolute Gasteiger partial charge is 0.118 e. The van der Waals surface area contributed by atoms with E-state index in [4.69, 9.17) is 4.74 Å². The molecule has 1 aliphatic carbocycles. The Hall–Kier alpha value is -1.06. The van der Waals surface area contributed by atoms with Gasteiger partial charge in [-0.3, -0.25) is 0 Å². The van der Waals surface area contributed by atoms with E-state index in [-0.39, 0.29) is 12.1 Å². The van der Waals surface area contributed by atoms with Crippen LogP contribution in [-0.2, 0) is 6.42 Å². The predicted molar refractivity (Wildman–Crippen MR) is 86.8 cm³/mol. The van der Waals surface area contributed by atoms with Crippen LogP contribution in [0.25, 0.3) is 0 Å². The number of aryl methyl sites for hydroxylation is 1. The molecular weight excluding hydrogens is 262 g/mol. The molecule has 0 heterocycles. The maximum absolute atomic E-state index is 9.79. The van der Waals surface area contributed by atoms with Crippen LogP contribution in [0, 0.1) is 0 Å². The normalized spacial score (nSPS) is 19.2. The minimum absolute atomic E-state index is 0.179. The number of aliphatic hydroxyl groups is 1. The van der Waals surface area contributed by atoms with E-state index < -0.39 is 0 Å². The Bertz CT molecular complexity index is 412. The molecule has 1 aromatic rings. The van der Waals surface area contributed by atoms with Crippen molar-refractivity contribution in [1.29, 1.82) is 0 Å². The Morgan fingerprint density at radius 3 is 2.43 bits per heavy atom. The van der Waals surface area contributed by atoms with Crippen molar-refractivity contribution >= 4 is 0 Å². The second kappa shape index (κ2) is 7.81. The van der Waals surface area contributed by atoms with E-state index in [1.165, 1.54) is 37.7 Å². The molecule has 2 N–H and O–H groups in total. The van der Waals surface area contributed by atoms with E-state index in [1.54, 1.807) is 7.11 Å². The molecule has 0 saturated heterocycles. The number of aliphatic hydroxyl groups excluding tert-OH is 1. The lowest BCUT2D eigenvalue weighted by Gasteiger charge is -2.35. The van der Waals surface area contributed by atoms with Crippen LogP contribution in [0.15, 0.2) is 24.3 Å². The maximum atomic E-state index is 9.79. The van der Waals surface area contributed by atoms with Crippen LogP contribution in [0.2, 0.25) is 0 Å². The van der Waals surface area contributed by atoms with Crippen LogP contribution >= 0.6 is 0 Å². The van der Waals surface area contributed by atoms with Gasteiger partial charge in [0.05, 0.1) is 13.7 Å². The molecule has 0 amide bonds. The van der Waals surface area contributed by atoms with E-state index in [1.807, 2.05) is 12.1 Å². The molecule has 0 spiro atoms. The minimum atomic E-state index is -0.179. The fraction of sp³-hybridized carbons (Fsp3) is 0.667. The van der Waals surface area contributed by atoms with E-state index in [0.29, 0.717) is 6.04 Å². The topological polar surface area (TPSA) is 41.5 Å². The van der Waals surface area contributed by atoms with Gasteiger partial charge in [0.25, 0.3) is 0 Å². The Morgan fingerprint density at radius 1 is 1.19 bits per heavy atom. The highest BCUT2D eigenvalue weighted by Gasteiger charge is 2.27. The third kappa shape index (κ3) is 5.01. The van der Waals surface area contributed by atoms with Gasteiger partial charge in [0.1, 0.15) is 5.75 Å². The molecule has 1 saturated carbocycles. The summed E-state index contributed by atoms with van der Waals surface area (Å²) in [4.78, 5) is 0. The van der Waals surface area contributed by atoms with E-state index in [9.17, 15) is 5.11 Å². The van der Waals surface area contributed by atoms with E-state index in [2.05, 4.69) is 24.4 Å². The van der Waals surface area contributed by atoms with Gasteiger partial charge in [0.15, 0.2) is 0 Å². The lowest BCUT2D eigenvalue weighted by Crippen LogP contribution is -2.51. The van der Waals surface area contributed by atoms with Gasteiger partial charge in [-0.2, -0.15) is 0 Å². The van der Waals surface area contributed by atoms with Crippen molar-refractivity contribution in [2.24, 2.45) is 0 Å². The van der Waals surface area contributed by atoms with Gasteiger partial charge in [-0.1, -0.05) is 31.4 Å². The highest BCUT2D eigenvalue weighted by Crippen LogP contribution is 2.22. The Labute approximate surface area is 128 Å². The molecule has 0 aliphatic heterocycles. The Kier molecular flexibility index (Phi) is 6.07. The van der Waals surface area contributed by atoms with Crippen molar-refractivity contribution in [2.75, 3.05) is 13.7 Å². The molecule has 1 atom stereocenters. The molecule has 3 heteroatoms. The average Bonchev–Trinajstić information content (AvgIpc) is 2.54. The average molecular weight is 291 g/mol. The first kappa shape index (κ1) is 16.3. The van der Waals surface area contributed by atoms with Gasteiger partial charge in [-0.05, 0) is 50.3 Å². The fourth-order valence-corrected chi connectivity index (χ4v) is 3.15. The third-order valence-electron chi connectivity index (χ3n) is 4.63. The second-order valence-electron chi connectivity index (χ2n) is 6.55. The van der Waals surface area contributed by atoms with Crippen LogP contribution in [0.5, 0.6) is 5.75 Å². The van der Waals surface area contributed by atoms with Crippen molar-refractivity contribution in [1.82, 2.24) is 5.32 Å². The number of hydrogen-bond donors (Lipinski definition) is 2. The summed E-state index contributed by atoms with van der Waals surface area (Å²) in [7, 11) is 1.69. The molecule has 1 aromatic carbocycles. The summed E-state index contributed by atoms with van der Waals surface area (Å²) < 4.78 is 5.18. The first-order valence-electron chi connectivity index (χ1n) is 8.17. The zero-order valence-corrected chi connectivity index (χ0v) is 13.4. The summed E-state index contributed by atoms with van der Waals surface area (Å²) >= 11 is 0. The van der Waals surface area contributed by atoms with Crippen LogP contribution < -0.4 is 10.1 Å². The summed E-state index contributed by atoms with van der Waals surface area (Å²) in [5.74, 6) is 0.893. The first-order chi connectivity index (χ1) is 10.1. The molecule has 2 rings (SSSR count). The summed E-state index contributed by atoms with van der Waals surface area (Å²) in [6, 6.07) is 8.79. The van der Waals surface area contributed by atoms with E-state index in [0.717, 1.165) is 18.6 Å². The van der Waals surface area contributed by atoms with Crippen molar-refractivity contribution in [3.05, 3.63) is 29.8 Å². The highest BCUT2D eigenvalue weighted by atomic mass is 16.5. The predicted octanol–water partition coefficient (Wildman–Crippen LogP) is 3.30. The highest BCUT2D eigenvalue weighted by molar-refractivity contribution is 5.27. The number of benzene rings is 1. The SMILES string of the molecule is COc1ccc(CCC(C)(CO)NC2CCCCC2)cc1. The molecule has 21 heavy (non-hydrogen) atoms. The lowest BCUT2D eigenvalue weighted by molar-refractivity contribution is 0.143. The minimum Gasteiger partial charge on any atom is -0.497 e. The fourth-order valence-electron chi connectivity index (χ4n) is 3.15. The van der Waals surface area contributed by atoms with Gasteiger partial charge in [-0.25, -0.2) is 0 Å². The number of methoxy groups -OCH3 is 1. The van der Waals surface area contributed by atoms with Gasteiger partial charge in [-0.15, -0.1) is 0 Å². The standard InChI is InChI=1S/C18H29NO2/c1-18(14-20,19-16-6-4-3-5-7-16)13-12-15-8-10-17(21-2)11-9-15/h8-11,16,19-20H,3-7,12-14H2,1-2H3. The zero-order valence-electron chi connectivity index (χ0n) is 13.4. The summed E-state index contributed by atoms with van der Waals surface area (Å²) in [5, 5.41) is 13.5. The summed E-state index contributed by atoms with van der Waals surface area (Å²) in [5.41, 5.74) is 1.11. The van der Waals surface area contributed by atoms with Gasteiger partial charge < -0.3 is 15.2 Å². The second-order valence-corrected chi connectivity index (χ2v) is 6.55. The number of nitrogens with one attached hydrogen (secondary N) is 1. The Morgan fingerprint density at radius 2 is 1.86 bits per heavy atom. The Balaban J connectivity index is 1.87. The van der Waals surface area contributed by atoms with E-state index >= 15 is 0 Å². The van der Waals surface area contributed by atoms with Crippen LogP contribution in [0.4, 0.5) is 0 Å². The molecule has 0 bridgehead atoms. The summed E-state index contributed by atoms with van der Waals surface area (Å²) in [6.07, 6.45) is 8.42. The number of rotatable bonds is 7. The molecule has 118 valence electrons. The molecule has 0 radical (unpaired) electrons. The van der Waals surface area contributed by atoms with Crippen molar-refractivity contribution in [2.45, 2.75) is 63.5 Å². The molecule has 1 fully saturated rings. The number of ether oxygens (including phenoxy) is 1. The molecule has 1 aliphatic rings. The van der Waals surface area contributed by atoms with Gasteiger partial charge >= 0.3 is 0 Å². The number of hydrogen-bond acceptors (Lipinski definition) is 3. The van der Waals surface area contributed by atoms with Gasteiger partial charge in [0.2, 0.25) is 0 Å². The zero-order chi connectivity index (χ0) is 15.1. The lowest BCUT2D eigenvalue weighted by atomic mass is 9.89. The quantitative estimate of drug-likeness (QED) is 0.810. The molecule has 3 nitrogen and oxygen atoms in total. The molecule has 0 aromatic heterocycles. The van der Waals surface area contributed by atoms with Crippen molar-refractivity contribution < 1.29 is 9.84 Å². The van der Waals surface area contributed by atoms with Crippen molar-refractivity contribution in [3.63, 3.8) is 0 Å². The van der Waals surface area contributed by atoms with Crippen molar-refractivity contribution in [3.8, 4) is 5.75 Å². The summed E-state index contributed by atoms with van der Waals surface area (Å²) in [6.45, 7) is 2.34. The first-order valence-corrected chi connectivity index (χ1v) is 8.17. The maximum Gasteiger partial charge on any atom is 0.118 e. The van der Waals surface area contributed by atoms with Crippen LogP contribution in [-0.4, -0.2) is 30.4 Å².